The minimum absolute atomic E-state index is 0.0985. The van der Waals surface area contributed by atoms with Gasteiger partial charge in [0.05, 0.1) is 47.4 Å². The smallest absolute Gasteiger partial charge is 0.414 e. The third kappa shape index (κ3) is 16.3. The maximum atomic E-state index is 15.2. The van der Waals surface area contributed by atoms with E-state index in [4.69, 9.17) is 27.4 Å². The number of nitrogens with two attached hydrogens (primary N) is 1. The number of thiocarbonyl (C=S) groups is 1. The molecule has 4 aromatic rings. The van der Waals surface area contributed by atoms with Crippen LogP contribution in [0.2, 0.25) is 0 Å². The van der Waals surface area contributed by atoms with E-state index in [1.807, 2.05) is 16.7 Å². The Hall–Kier alpha value is -8.05. The summed E-state index contributed by atoms with van der Waals surface area (Å²) in [5.41, 5.74) is 10.0. The molecule has 8 rings (SSSR count). The predicted octanol–water partition coefficient (Wildman–Crippen LogP) is 5.48. The number of nitrogens with zero attached hydrogens (tertiary/aromatic N) is 6. The number of Topliss-reactive ketones (excluding diaryl/α,β-unsaturated/α-hetero) is 2. The van der Waals surface area contributed by atoms with E-state index in [-0.39, 0.29) is 80.1 Å². The molecule has 0 radical (unpaired) electrons. The average molecular weight is 1120 g/mol. The highest BCUT2D eigenvalue weighted by atomic mass is 32.1. The lowest BCUT2D eigenvalue weighted by Gasteiger charge is -2.36. The molecule has 0 aliphatic carbocycles. The SMILES string of the molecule is CC(=O)NCc1ccc(C(=O)CCC(=O)N2CCN(c3ccc(N4C[C@H](CN)OC4=O)cc3F)CC2)cc1.CCC(=S)NC[C@H]1CN(c2ccc(N3CCN(C(=O)CCC(=O)c4ccc(CNC(C)=O)cc4)CC3)c(F)c2)C(=O)O1. The fourth-order valence-electron chi connectivity index (χ4n) is 9.40. The molecule has 4 saturated heterocycles. The zero-order chi connectivity index (χ0) is 57.5. The highest BCUT2D eigenvalue weighted by molar-refractivity contribution is 7.80. The Kier molecular flexibility index (Phi) is 21.0. The fourth-order valence-corrected chi connectivity index (χ4v) is 9.48. The highest BCUT2D eigenvalue weighted by Crippen LogP contribution is 2.31. The van der Waals surface area contributed by atoms with Crippen molar-refractivity contribution in [3.05, 3.63) is 119 Å². The maximum absolute atomic E-state index is 15.2. The van der Waals surface area contributed by atoms with E-state index in [1.54, 1.807) is 82.6 Å². The van der Waals surface area contributed by atoms with E-state index in [9.17, 15) is 42.7 Å². The van der Waals surface area contributed by atoms with Crippen LogP contribution in [0, 0.1) is 11.6 Å². The van der Waals surface area contributed by atoms with Gasteiger partial charge in [-0.05, 0) is 53.9 Å². The van der Waals surface area contributed by atoms with Gasteiger partial charge in [0.25, 0.3) is 0 Å². The van der Waals surface area contributed by atoms with Gasteiger partial charge >= 0.3 is 12.2 Å². The summed E-state index contributed by atoms with van der Waals surface area (Å²) in [5, 5.41) is 8.47. The number of rotatable bonds is 20. The molecule has 5 N–H and O–H groups in total. The molecule has 6 amide bonds. The van der Waals surface area contributed by atoms with E-state index >= 15 is 4.39 Å². The summed E-state index contributed by atoms with van der Waals surface area (Å²) in [5.74, 6) is -1.63. The molecule has 426 valence electrons. The maximum Gasteiger partial charge on any atom is 0.414 e. The molecule has 4 aliphatic heterocycles. The van der Waals surface area contributed by atoms with Crippen molar-refractivity contribution in [2.24, 2.45) is 5.73 Å². The summed E-state index contributed by atoms with van der Waals surface area (Å²) in [6.07, 6.45) is -0.759. The van der Waals surface area contributed by atoms with Gasteiger partial charge < -0.3 is 50.8 Å². The van der Waals surface area contributed by atoms with Crippen molar-refractivity contribution in [1.29, 1.82) is 0 Å². The number of hydrogen-bond donors (Lipinski definition) is 4. The number of nitrogens with one attached hydrogen (secondary N) is 3. The van der Waals surface area contributed by atoms with E-state index in [1.165, 1.54) is 35.8 Å². The Labute approximate surface area is 468 Å². The molecular weight excluding hydrogens is 1050 g/mol. The van der Waals surface area contributed by atoms with Gasteiger partial charge in [0.15, 0.2) is 11.6 Å². The van der Waals surface area contributed by atoms with Crippen LogP contribution >= 0.6 is 12.2 Å². The molecule has 4 fully saturated rings. The van der Waals surface area contributed by atoms with Crippen LogP contribution in [0.3, 0.4) is 0 Å². The second-order valence-electron chi connectivity index (χ2n) is 19.7. The molecule has 2 atom stereocenters. The van der Waals surface area contributed by atoms with Crippen molar-refractivity contribution < 1.29 is 56.6 Å². The van der Waals surface area contributed by atoms with Crippen LogP contribution in [-0.2, 0) is 41.7 Å². The van der Waals surface area contributed by atoms with Gasteiger partial charge in [-0.25, -0.2) is 18.4 Å². The van der Waals surface area contributed by atoms with Crippen LogP contribution in [0.4, 0.5) is 41.1 Å². The standard InChI is InChI=1S/C30H36FN5O5S.C27H32FN5O5/c1-3-28(42)33-18-24-19-36(30(40)41-24)23-8-9-26(25(31)16-23)34-12-14-35(15-13-34)29(39)11-10-27(38)22-6-4-21(5-7-22)17-32-20(2)37;1-18(34)30-16-19-2-4-20(5-3-19)25(35)8-9-26(36)32-12-10-31(11-13-32)24-7-6-21(14-23(24)28)33-17-22(15-29)38-27(33)37/h4-9,16,24H,3,10-15,17-19H2,1-2H3,(H,32,37)(H,33,42);2-7,14,22H,8-13,15-17,29H2,1H3,(H,30,34)/t24-;22-/m00/s1. The molecular formula is C57H68F2N10O10S. The van der Waals surface area contributed by atoms with Gasteiger partial charge in [-0.15, -0.1) is 0 Å². The molecule has 20 nitrogen and oxygen atoms in total. The first-order chi connectivity index (χ1) is 38.4. The van der Waals surface area contributed by atoms with Crippen LogP contribution in [-0.4, -0.2) is 153 Å². The first-order valence-electron chi connectivity index (χ1n) is 26.7. The molecule has 4 aliphatic rings. The van der Waals surface area contributed by atoms with Crippen molar-refractivity contribution >= 4 is 87.3 Å². The van der Waals surface area contributed by atoms with Crippen LogP contribution in [0.15, 0.2) is 84.9 Å². The summed E-state index contributed by atoms with van der Waals surface area (Å²) in [7, 11) is 0. The summed E-state index contributed by atoms with van der Waals surface area (Å²) >= 11 is 5.15. The molecule has 0 unspecified atom stereocenters. The van der Waals surface area contributed by atoms with Crippen LogP contribution < -0.4 is 41.3 Å². The Morgan fingerprint density at radius 1 is 0.575 bits per heavy atom. The molecule has 4 heterocycles. The lowest BCUT2D eigenvalue weighted by molar-refractivity contribution is -0.132. The Morgan fingerprint density at radius 3 is 1.34 bits per heavy atom. The van der Waals surface area contributed by atoms with Crippen molar-refractivity contribution in [2.75, 3.05) is 98.1 Å². The monoisotopic (exact) mass is 1120 g/mol. The number of carbonyl (C=O) groups is 8. The number of piperazine rings is 2. The van der Waals surface area contributed by atoms with Crippen molar-refractivity contribution in [3.63, 3.8) is 0 Å². The first kappa shape index (κ1) is 59.6. The molecule has 0 bridgehead atoms. The Bertz CT molecular complexity index is 2920. The zero-order valence-corrected chi connectivity index (χ0v) is 46.0. The van der Waals surface area contributed by atoms with Gasteiger partial charge in [-0.2, -0.15) is 0 Å². The lowest BCUT2D eigenvalue weighted by atomic mass is 10.0. The normalized spacial score (nSPS) is 17.0. The highest BCUT2D eigenvalue weighted by Gasteiger charge is 2.34. The topological polar surface area (TPSA) is 237 Å². The van der Waals surface area contributed by atoms with Crippen molar-refractivity contribution in [1.82, 2.24) is 25.8 Å². The molecule has 23 heteroatoms. The quantitative estimate of drug-likeness (QED) is 0.0633. The fraction of sp³-hybridized carbons (Fsp3) is 0.421. The van der Waals surface area contributed by atoms with Crippen LogP contribution in [0.1, 0.15) is 84.7 Å². The number of hydrogen-bond acceptors (Lipinski definition) is 14. The second kappa shape index (κ2) is 28.2. The van der Waals surface area contributed by atoms with E-state index in [0.717, 1.165) is 11.1 Å². The van der Waals surface area contributed by atoms with Crippen molar-refractivity contribution in [2.45, 2.75) is 78.2 Å². The first-order valence-corrected chi connectivity index (χ1v) is 27.1. The average Bonchev–Trinajstić information content (AvgIpc) is 4.06. The van der Waals surface area contributed by atoms with Gasteiger partial charge in [-0.1, -0.05) is 67.7 Å². The van der Waals surface area contributed by atoms with Crippen molar-refractivity contribution in [3.8, 4) is 0 Å². The number of halogens is 2. The molecule has 0 spiro atoms. The summed E-state index contributed by atoms with van der Waals surface area (Å²) in [6, 6.07) is 23.2. The van der Waals surface area contributed by atoms with E-state index < -0.39 is 29.9 Å². The van der Waals surface area contributed by atoms with E-state index in [0.29, 0.717) is 124 Å². The van der Waals surface area contributed by atoms with Gasteiger partial charge in [0, 0.05) is 123 Å². The summed E-state index contributed by atoms with van der Waals surface area (Å²) in [6.45, 7) is 10.3. The summed E-state index contributed by atoms with van der Waals surface area (Å²) < 4.78 is 40.6. The third-order valence-corrected chi connectivity index (χ3v) is 14.5. The minimum Gasteiger partial charge on any atom is -0.443 e. The number of anilines is 4. The lowest BCUT2D eigenvalue weighted by Crippen LogP contribution is -2.49. The second-order valence-corrected chi connectivity index (χ2v) is 20.2. The Morgan fingerprint density at radius 2 is 0.975 bits per heavy atom. The predicted molar refractivity (Wildman–Crippen MR) is 301 cm³/mol. The number of carbonyl (C=O) groups excluding carboxylic acids is 8. The van der Waals surface area contributed by atoms with Gasteiger partial charge in [0.2, 0.25) is 23.6 Å². The van der Waals surface area contributed by atoms with Gasteiger partial charge in [-0.3, -0.25) is 38.6 Å². The number of amides is 6. The molecule has 0 saturated carbocycles. The van der Waals surface area contributed by atoms with E-state index in [2.05, 4.69) is 16.0 Å². The number of benzene rings is 4. The largest absolute Gasteiger partial charge is 0.443 e. The Balaban J connectivity index is 0.000000232. The van der Waals surface area contributed by atoms with Crippen LogP contribution in [0.25, 0.3) is 0 Å². The molecule has 80 heavy (non-hydrogen) atoms. The number of cyclic esters (lactones) is 2. The summed E-state index contributed by atoms with van der Waals surface area (Å²) in [4.78, 5) is 108. The number of ketones is 2. The molecule has 4 aromatic carbocycles. The van der Waals surface area contributed by atoms with Gasteiger partial charge in [0.1, 0.15) is 23.8 Å². The molecule has 0 aromatic heterocycles. The minimum atomic E-state index is -0.544. The van der Waals surface area contributed by atoms with Crippen LogP contribution in [0.5, 0.6) is 0 Å². The third-order valence-electron chi connectivity index (χ3n) is 14.1. The number of ether oxygens (including phenoxy) is 2. The zero-order valence-electron chi connectivity index (χ0n) is 45.2.